The summed E-state index contributed by atoms with van der Waals surface area (Å²) in [5.74, 6) is 2.34. The van der Waals surface area contributed by atoms with Gasteiger partial charge in [-0.05, 0) is 76.6 Å². The maximum Gasteiger partial charge on any atom is 0.407 e. The molecule has 3 aromatic heterocycles. The molecule has 2 N–H and O–H groups in total. The first kappa shape index (κ1) is 26.2. The van der Waals surface area contributed by atoms with Crippen LogP contribution in [0.15, 0.2) is 42.9 Å². The number of hydrogen-bond donors (Lipinski definition) is 2. The molecular weight excluding hydrogens is 476 g/mol. The van der Waals surface area contributed by atoms with Crippen molar-refractivity contribution in [2.24, 2.45) is 5.92 Å². The second kappa shape index (κ2) is 11.5. The first-order valence-electron chi connectivity index (χ1n) is 14.0. The van der Waals surface area contributed by atoms with Gasteiger partial charge in [-0.1, -0.05) is 19.3 Å². The normalized spacial score (nSPS) is 17.4. The van der Waals surface area contributed by atoms with E-state index in [2.05, 4.69) is 43.7 Å². The molecule has 1 saturated heterocycles. The summed E-state index contributed by atoms with van der Waals surface area (Å²) >= 11 is 0. The van der Waals surface area contributed by atoms with E-state index in [-0.39, 0.29) is 6.09 Å². The van der Waals surface area contributed by atoms with Gasteiger partial charge in [-0.2, -0.15) is 0 Å². The topological polar surface area (TPSA) is 92.3 Å². The van der Waals surface area contributed by atoms with E-state index >= 15 is 0 Å². The largest absolute Gasteiger partial charge is 0.444 e. The van der Waals surface area contributed by atoms with Crippen LogP contribution in [0.3, 0.4) is 0 Å². The van der Waals surface area contributed by atoms with Gasteiger partial charge in [0.1, 0.15) is 17.2 Å². The maximum absolute atomic E-state index is 12.1. The quantitative estimate of drug-likeness (QED) is 0.404. The van der Waals surface area contributed by atoms with Gasteiger partial charge in [0.05, 0.1) is 5.69 Å². The number of alkyl carbamates (subject to hydrolysis) is 1. The summed E-state index contributed by atoms with van der Waals surface area (Å²) in [6.07, 6.45) is 13.6. The summed E-state index contributed by atoms with van der Waals surface area (Å²) in [6, 6.07) is 8.84. The van der Waals surface area contributed by atoms with Crippen molar-refractivity contribution in [3.8, 4) is 11.3 Å². The second-order valence-electron chi connectivity index (χ2n) is 11.7. The number of amides is 1. The second-order valence-corrected chi connectivity index (χ2v) is 11.7. The summed E-state index contributed by atoms with van der Waals surface area (Å²) in [4.78, 5) is 28.6. The van der Waals surface area contributed by atoms with Crippen LogP contribution in [0.1, 0.15) is 65.7 Å². The first-order valence-corrected chi connectivity index (χ1v) is 14.0. The van der Waals surface area contributed by atoms with E-state index in [4.69, 9.17) is 9.72 Å². The van der Waals surface area contributed by atoms with E-state index in [1.54, 1.807) is 0 Å². The molecule has 0 unspecified atom stereocenters. The molecule has 2 fully saturated rings. The van der Waals surface area contributed by atoms with Crippen molar-refractivity contribution in [1.82, 2.24) is 20.3 Å². The van der Waals surface area contributed by atoms with Gasteiger partial charge >= 0.3 is 6.09 Å². The summed E-state index contributed by atoms with van der Waals surface area (Å²) in [5, 5.41) is 8.78. The molecule has 1 saturated carbocycles. The molecule has 1 aliphatic carbocycles. The van der Waals surface area contributed by atoms with Crippen molar-refractivity contribution < 1.29 is 9.53 Å². The van der Waals surface area contributed by atoms with Gasteiger partial charge in [0.15, 0.2) is 0 Å². The number of rotatable bonds is 6. The highest BCUT2D eigenvalue weighted by molar-refractivity contribution is 5.94. The number of nitrogens with zero attached hydrogens (tertiary/aromatic N) is 4. The SMILES string of the molecule is CC(C)(C)OC(=O)NCC1CCN(c2nc(-c3ccnc(NC4CCCCC4)c3)cc3cnccc23)CC1. The number of pyridine rings is 3. The van der Waals surface area contributed by atoms with Gasteiger partial charge in [0.25, 0.3) is 0 Å². The molecular formula is C30H40N6O2. The van der Waals surface area contributed by atoms with Crippen LogP contribution in [0, 0.1) is 5.92 Å². The van der Waals surface area contributed by atoms with E-state index in [0.29, 0.717) is 18.5 Å². The smallest absolute Gasteiger partial charge is 0.407 e. The van der Waals surface area contributed by atoms with E-state index in [9.17, 15) is 4.79 Å². The molecule has 0 atom stereocenters. The molecule has 202 valence electrons. The van der Waals surface area contributed by atoms with Gasteiger partial charge in [-0.15, -0.1) is 0 Å². The lowest BCUT2D eigenvalue weighted by Gasteiger charge is -2.34. The number of nitrogens with one attached hydrogen (secondary N) is 2. The number of carbonyl (C=O) groups is 1. The minimum atomic E-state index is -0.485. The highest BCUT2D eigenvalue weighted by atomic mass is 16.6. The molecule has 8 heteroatoms. The third kappa shape index (κ3) is 6.71. The molecule has 8 nitrogen and oxygen atoms in total. The van der Waals surface area contributed by atoms with Crippen molar-refractivity contribution in [2.75, 3.05) is 29.9 Å². The fraction of sp³-hybridized carbons (Fsp3) is 0.533. The molecule has 3 aromatic rings. The van der Waals surface area contributed by atoms with Crippen molar-refractivity contribution in [1.29, 1.82) is 0 Å². The fourth-order valence-corrected chi connectivity index (χ4v) is 5.48. The van der Waals surface area contributed by atoms with E-state index in [1.165, 1.54) is 32.1 Å². The predicted octanol–water partition coefficient (Wildman–Crippen LogP) is 6.18. The number of hydrogen-bond acceptors (Lipinski definition) is 7. The van der Waals surface area contributed by atoms with Gasteiger partial charge in [0.2, 0.25) is 0 Å². The number of anilines is 2. The van der Waals surface area contributed by atoms with Crippen molar-refractivity contribution in [2.45, 2.75) is 77.4 Å². The van der Waals surface area contributed by atoms with E-state index < -0.39 is 5.60 Å². The number of ether oxygens (including phenoxy) is 1. The van der Waals surface area contributed by atoms with Crippen molar-refractivity contribution >= 4 is 28.5 Å². The van der Waals surface area contributed by atoms with Crippen LogP contribution in [0.2, 0.25) is 0 Å². The van der Waals surface area contributed by atoms with Crippen LogP contribution >= 0.6 is 0 Å². The van der Waals surface area contributed by atoms with Crippen molar-refractivity contribution in [3.05, 3.63) is 42.9 Å². The number of carbonyl (C=O) groups excluding carboxylic acids is 1. The lowest BCUT2D eigenvalue weighted by molar-refractivity contribution is 0.0517. The molecule has 0 spiro atoms. The Kier molecular flexibility index (Phi) is 7.95. The Morgan fingerprint density at radius 3 is 2.61 bits per heavy atom. The molecule has 1 aliphatic heterocycles. The molecule has 0 bridgehead atoms. The molecule has 2 aliphatic rings. The highest BCUT2D eigenvalue weighted by Gasteiger charge is 2.24. The lowest BCUT2D eigenvalue weighted by Crippen LogP contribution is -2.40. The first-order chi connectivity index (χ1) is 18.3. The minimum Gasteiger partial charge on any atom is -0.444 e. The van der Waals surface area contributed by atoms with Gasteiger partial charge in [0, 0.05) is 60.6 Å². The number of piperidine rings is 1. The standard InChI is InChI=1S/C30H40N6O2/c1-30(2,3)38-29(37)33-19-21-11-15-36(16-12-21)28-25-10-13-31-20-23(25)17-26(35-28)22-9-14-32-27(18-22)34-24-7-5-4-6-8-24/h9-10,13-14,17-18,20-21,24H,4-8,11-12,15-16,19H2,1-3H3,(H,32,34)(H,33,37). The van der Waals surface area contributed by atoms with Gasteiger partial charge < -0.3 is 20.3 Å². The zero-order valence-corrected chi connectivity index (χ0v) is 22.9. The molecule has 38 heavy (non-hydrogen) atoms. The Hall–Kier alpha value is -3.42. The monoisotopic (exact) mass is 516 g/mol. The van der Waals surface area contributed by atoms with Crippen LogP contribution < -0.4 is 15.5 Å². The lowest BCUT2D eigenvalue weighted by atomic mass is 9.95. The predicted molar refractivity (Wildman–Crippen MR) is 152 cm³/mol. The highest BCUT2D eigenvalue weighted by Crippen LogP contribution is 2.33. The average molecular weight is 517 g/mol. The Morgan fingerprint density at radius 1 is 1.05 bits per heavy atom. The minimum absolute atomic E-state index is 0.345. The summed E-state index contributed by atoms with van der Waals surface area (Å²) in [7, 11) is 0. The number of fused-ring (bicyclic) bond motifs is 1. The number of aromatic nitrogens is 3. The summed E-state index contributed by atoms with van der Waals surface area (Å²) in [5.41, 5.74) is 1.51. The van der Waals surface area contributed by atoms with Crippen LogP contribution in [0.5, 0.6) is 0 Å². The third-order valence-electron chi connectivity index (χ3n) is 7.47. The summed E-state index contributed by atoms with van der Waals surface area (Å²) in [6.45, 7) is 8.05. The molecule has 5 rings (SSSR count). The van der Waals surface area contributed by atoms with Gasteiger partial charge in [-0.3, -0.25) is 4.98 Å². The zero-order chi connectivity index (χ0) is 26.5. The molecule has 0 radical (unpaired) electrons. The zero-order valence-electron chi connectivity index (χ0n) is 22.9. The average Bonchev–Trinajstić information content (AvgIpc) is 2.91. The van der Waals surface area contributed by atoms with Crippen LogP contribution in [0.4, 0.5) is 16.4 Å². The third-order valence-corrected chi connectivity index (χ3v) is 7.47. The van der Waals surface area contributed by atoms with Gasteiger partial charge in [-0.25, -0.2) is 14.8 Å². The van der Waals surface area contributed by atoms with E-state index in [0.717, 1.165) is 59.6 Å². The van der Waals surface area contributed by atoms with E-state index in [1.807, 2.05) is 45.4 Å². The van der Waals surface area contributed by atoms with Crippen LogP contribution in [-0.4, -0.2) is 52.3 Å². The summed E-state index contributed by atoms with van der Waals surface area (Å²) < 4.78 is 5.39. The Labute approximate surface area is 225 Å². The Morgan fingerprint density at radius 2 is 1.84 bits per heavy atom. The molecule has 1 amide bonds. The van der Waals surface area contributed by atoms with Crippen LogP contribution in [0.25, 0.3) is 22.0 Å². The Bertz CT molecular complexity index is 1240. The maximum atomic E-state index is 12.1. The molecule has 0 aromatic carbocycles. The van der Waals surface area contributed by atoms with Crippen LogP contribution in [-0.2, 0) is 4.74 Å². The molecule has 4 heterocycles. The fourth-order valence-electron chi connectivity index (χ4n) is 5.48. The Balaban J connectivity index is 1.30. The van der Waals surface area contributed by atoms with Crippen molar-refractivity contribution in [3.63, 3.8) is 0 Å².